The standard InChI is InChI=1S/C14H15BrN2O/c15-14-8-4-7-12(17-14)9-16-13(10-18)11-5-2-1-3-6-11/h1-8,13,16,18H,9-10H2/t13-/m1/s1. The van der Waals surface area contributed by atoms with E-state index in [0.29, 0.717) is 6.54 Å². The van der Waals surface area contributed by atoms with Crippen molar-refractivity contribution in [2.75, 3.05) is 6.61 Å². The van der Waals surface area contributed by atoms with E-state index >= 15 is 0 Å². The quantitative estimate of drug-likeness (QED) is 0.835. The summed E-state index contributed by atoms with van der Waals surface area (Å²) < 4.78 is 0.821. The fourth-order valence-corrected chi connectivity index (χ4v) is 2.13. The van der Waals surface area contributed by atoms with E-state index in [1.807, 2.05) is 48.5 Å². The Morgan fingerprint density at radius 2 is 1.89 bits per heavy atom. The van der Waals surface area contributed by atoms with E-state index in [9.17, 15) is 5.11 Å². The first-order valence-corrected chi connectivity index (χ1v) is 6.59. The van der Waals surface area contributed by atoms with Crippen molar-refractivity contribution in [3.05, 3.63) is 64.4 Å². The molecule has 1 aromatic carbocycles. The van der Waals surface area contributed by atoms with Gasteiger partial charge in [-0.25, -0.2) is 4.98 Å². The maximum Gasteiger partial charge on any atom is 0.106 e. The molecule has 3 nitrogen and oxygen atoms in total. The van der Waals surface area contributed by atoms with Crippen LogP contribution in [0.5, 0.6) is 0 Å². The smallest absolute Gasteiger partial charge is 0.106 e. The molecule has 1 aromatic heterocycles. The highest BCUT2D eigenvalue weighted by atomic mass is 79.9. The fourth-order valence-electron chi connectivity index (χ4n) is 1.75. The van der Waals surface area contributed by atoms with Crippen molar-refractivity contribution in [3.8, 4) is 0 Å². The molecule has 0 spiro atoms. The summed E-state index contributed by atoms with van der Waals surface area (Å²) >= 11 is 3.34. The normalized spacial score (nSPS) is 12.3. The van der Waals surface area contributed by atoms with E-state index in [0.717, 1.165) is 15.9 Å². The number of nitrogens with zero attached hydrogens (tertiary/aromatic N) is 1. The van der Waals surface area contributed by atoms with Crippen LogP contribution in [-0.2, 0) is 6.54 Å². The summed E-state index contributed by atoms with van der Waals surface area (Å²) in [5.41, 5.74) is 2.02. The van der Waals surface area contributed by atoms with Crippen molar-refractivity contribution in [3.63, 3.8) is 0 Å². The molecule has 0 aliphatic carbocycles. The average Bonchev–Trinajstić information content (AvgIpc) is 2.41. The third-order valence-corrected chi connectivity index (χ3v) is 3.13. The van der Waals surface area contributed by atoms with Crippen molar-refractivity contribution in [1.82, 2.24) is 10.3 Å². The number of nitrogens with one attached hydrogen (secondary N) is 1. The van der Waals surface area contributed by atoms with E-state index in [1.54, 1.807) is 0 Å². The van der Waals surface area contributed by atoms with Gasteiger partial charge in [0.05, 0.1) is 18.3 Å². The van der Waals surface area contributed by atoms with Crippen molar-refractivity contribution < 1.29 is 5.11 Å². The first-order chi connectivity index (χ1) is 8.79. The van der Waals surface area contributed by atoms with Gasteiger partial charge in [-0.2, -0.15) is 0 Å². The number of halogens is 1. The Hall–Kier alpha value is -1.23. The zero-order valence-electron chi connectivity index (χ0n) is 9.88. The zero-order chi connectivity index (χ0) is 12.8. The second-order valence-corrected chi connectivity index (χ2v) is 4.79. The second-order valence-electron chi connectivity index (χ2n) is 3.98. The molecule has 18 heavy (non-hydrogen) atoms. The summed E-state index contributed by atoms with van der Waals surface area (Å²) in [5.74, 6) is 0. The number of aliphatic hydroxyl groups is 1. The Balaban J connectivity index is 2.00. The first kappa shape index (κ1) is 13.2. The van der Waals surface area contributed by atoms with Crippen LogP contribution in [0, 0.1) is 0 Å². The van der Waals surface area contributed by atoms with Gasteiger partial charge in [-0.3, -0.25) is 0 Å². The van der Waals surface area contributed by atoms with Gasteiger partial charge in [-0.15, -0.1) is 0 Å². The number of benzene rings is 1. The molecule has 0 aliphatic heterocycles. The predicted molar refractivity (Wildman–Crippen MR) is 75.0 cm³/mol. The van der Waals surface area contributed by atoms with E-state index in [4.69, 9.17) is 0 Å². The molecular weight excluding hydrogens is 292 g/mol. The molecule has 0 saturated carbocycles. The highest BCUT2D eigenvalue weighted by molar-refractivity contribution is 9.10. The van der Waals surface area contributed by atoms with Crippen LogP contribution in [0.1, 0.15) is 17.3 Å². The van der Waals surface area contributed by atoms with E-state index in [1.165, 1.54) is 0 Å². The summed E-state index contributed by atoms with van der Waals surface area (Å²) in [5, 5.41) is 12.7. The summed E-state index contributed by atoms with van der Waals surface area (Å²) in [4.78, 5) is 4.35. The van der Waals surface area contributed by atoms with Crippen LogP contribution in [0.3, 0.4) is 0 Å². The van der Waals surface area contributed by atoms with Crippen LogP contribution < -0.4 is 5.32 Å². The molecule has 94 valence electrons. The average molecular weight is 307 g/mol. The van der Waals surface area contributed by atoms with Crippen molar-refractivity contribution in [2.24, 2.45) is 0 Å². The van der Waals surface area contributed by atoms with Crippen molar-refractivity contribution in [2.45, 2.75) is 12.6 Å². The van der Waals surface area contributed by atoms with Gasteiger partial charge in [0.1, 0.15) is 4.60 Å². The third kappa shape index (κ3) is 3.63. The number of aromatic nitrogens is 1. The lowest BCUT2D eigenvalue weighted by Gasteiger charge is -2.16. The van der Waals surface area contributed by atoms with Crippen LogP contribution in [-0.4, -0.2) is 16.7 Å². The van der Waals surface area contributed by atoms with Crippen molar-refractivity contribution in [1.29, 1.82) is 0 Å². The summed E-state index contributed by atoms with van der Waals surface area (Å²) in [6.07, 6.45) is 0. The Morgan fingerprint density at radius 3 is 2.56 bits per heavy atom. The maximum absolute atomic E-state index is 9.42. The third-order valence-electron chi connectivity index (χ3n) is 2.69. The molecule has 0 unspecified atom stereocenters. The van der Waals surface area contributed by atoms with Crippen LogP contribution in [0.4, 0.5) is 0 Å². The molecule has 1 atom stereocenters. The number of pyridine rings is 1. The molecule has 2 N–H and O–H groups in total. The molecular formula is C14H15BrN2O. The van der Waals surface area contributed by atoms with Gasteiger partial charge < -0.3 is 10.4 Å². The first-order valence-electron chi connectivity index (χ1n) is 5.80. The predicted octanol–water partition coefficient (Wildman–Crippen LogP) is 2.67. The summed E-state index contributed by atoms with van der Waals surface area (Å²) in [6.45, 7) is 0.692. The SMILES string of the molecule is OC[C@@H](NCc1cccc(Br)n1)c1ccccc1. The van der Waals surface area contributed by atoms with Crippen LogP contribution in [0.2, 0.25) is 0 Å². The lowest BCUT2D eigenvalue weighted by molar-refractivity contribution is 0.243. The van der Waals surface area contributed by atoms with E-state index < -0.39 is 0 Å². The molecule has 0 radical (unpaired) electrons. The molecule has 2 aromatic rings. The van der Waals surface area contributed by atoms with Gasteiger partial charge in [0.15, 0.2) is 0 Å². The number of hydrogen-bond acceptors (Lipinski definition) is 3. The van der Waals surface area contributed by atoms with E-state index in [2.05, 4.69) is 26.2 Å². The van der Waals surface area contributed by atoms with Gasteiger partial charge in [0.2, 0.25) is 0 Å². The number of hydrogen-bond donors (Lipinski definition) is 2. The van der Waals surface area contributed by atoms with Crippen LogP contribution in [0.15, 0.2) is 53.1 Å². The molecule has 4 heteroatoms. The van der Waals surface area contributed by atoms with Crippen LogP contribution >= 0.6 is 15.9 Å². The van der Waals surface area contributed by atoms with Gasteiger partial charge in [0.25, 0.3) is 0 Å². The molecule has 0 bridgehead atoms. The molecule has 0 amide bonds. The lowest BCUT2D eigenvalue weighted by atomic mass is 10.1. The Bertz CT molecular complexity index is 490. The summed E-state index contributed by atoms with van der Waals surface area (Å²) in [6, 6.07) is 15.6. The van der Waals surface area contributed by atoms with Gasteiger partial charge in [0, 0.05) is 6.54 Å². The molecule has 1 heterocycles. The molecule has 2 rings (SSSR count). The topological polar surface area (TPSA) is 45.1 Å². The Kier molecular flexibility index (Phi) is 4.87. The van der Waals surface area contributed by atoms with Gasteiger partial charge >= 0.3 is 0 Å². The highest BCUT2D eigenvalue weighted by Crippen LogP contribution is 2.13. The molecule has 0 fully saturated rings. The van der Waals surface area contributed by atoms with Crippen LogP contribution in [0.25, 0.3) is 0 Å². The van der Waals surface area contributed by atoms with Gasteiger partial charge in [-0.05, 0) is 33.6 Å². The maximum atomic E-state index is 9.42. The number of aliphatic hydroxyl groups excluding tert-OH is 1. The highest BCUT2D eigenvalue weighted by Gasteiger charge is 2.09. The number of rotatable bonds is 5. The lowest BCUT2D eigenvalue weighted by Crippen LogP contribution is -2.24. The minimum Gasteiger partial charge on any atom is -0.394 e. The minimum absolute atomic E-state index is 0.0630. The van der Waals surface area contributed by atoms with Crippen molar-refractivity contribution >= 4 is 15.9 Å². The fraction of sp³-hybridized carbons (Fsp3) is 0.214. The largest absolute Gasteiger partial charge is 0.394 e. The molecule has 0 saturated heterocycles. The zero-order valence-corrected chi connectivity index (χ0v) is 11.5. The second kappa shape index (κ2) is 6.64. The van der Waals surface area contributed by atoms with E-state index in [-0.39, 0.29) is 12.6 Å². The Morgan fingerprint density at radius 1 is 1.11 bits per heavy atom. The monoisotopic (exact) mass is 306 g/mol. The Labute approximate surface area is 115 Å². The minimum atomic E-state index is -0.0630. The summed E-state index contributed by atoms with van der Waals surface area (Å²) in [7, 11) is 0. The molecule has 0 aliphatic rings. The van der Waals surface area contributed by atoms with Gasteiger partial charge in [-0.1, -0.05) is 36.4 Å².